The number of hydrogen-bond donors (Lipinski definition) is 1. The summed E-state index contributed by atoms with van der Waals surface area (Å²) in [5, 5.41) is 9.89. The van der Waals surface area contributed by atoms with Crippen molar-refractivity contribution in [1.82, 2.24) is 0 Å². The van der Waals surface area contributed by atoms with Gasteiger partial charge in [-0.25, -0.2) is 0 Å². The predicted octanol–water partition coefficient (Wildman–Crippen LogP) is 0.617. The van der Waals surface area contributed by atoms with Crippen molar-refractivity contribution in [2.24, 2.45) is 0 Å². The average molecular weight is 286 g/mol. The van der Waals surface area contributed by atoms with E-state index in [0.29, 0.717) is 22.5 Å². The van der Waals surface area contributed by atoms with Crippen molar-refractivity contribution in [3.63, 3.8) is 0 Å². The minimum Gasteiger partial charge on any atom is -0.454 e. The second kappa shape index (κ2) is 4.50. The monoisotopic (exact) mass is 286 g/mol. The Morgan fingerprint density at radius 2 is 1.95 bits per heavy atom. The van der Waals surface area contributed by atoms with Gasteiger partial charge in [-0.05, 0) is 23.2 Å². The highest BCUT2D eigenvalue weighted by atomic mass is 31.2. The Morgan fingerprint density at radius 3 is 2.58 bits per heavy atom. The van der Waals surface area contributed by atoms with Crippen LogP contribution in [-0.4, -0.2) is 33.2 Å². The summed E-state index contributed by atoms with van der Waals surface area (Å²) in [6.07, 6.45) is 0. The van der Waals surface area contributed by atoms with Gasteiger partial charge < -0.3 is 28.2 Å². The lowest BCUT2D eigenvalue weighted by molar-refractivity contribution is 0.172. The van der Waals surface area contributed by atoms with Crippen LogP contribution < -0.4 is 14.9 Å². The molecule has 0 saturated heterocycles. The molecule has 1 N–H and O–H groups in total. The molecule has 0 fully saturated rings. The fourth-order valence-corrected chi connectivity index (χ4v) is 3.54. The van der Waals surface area contributed by atoms with Gasteiger partial charge in [-0.2, -0.15) is 0 Å². The highest BCUT2D eigenvalue weighted by Crippen LogP contribution is 2.62. The standard InChI is InChI=1S/C10H12BO7P/c1-14-19(13,15-2)10-6-3-8-9(17-5-16-8)4-7(6)11(12)18-10/h3-4,10,12H,5H2,1-2H3. The quantitative estimate of drug-likeness (QED) is 0.644. The fraction of sp³-hybridized carbons (Fsp3) is 0.400. The van der Waals surface area contributed by atoms with Gasteiger partial charge in [-0.15, -0.1) is 0 Å². The van der Waals surface area contributed by atoms with Gasteiger partial charge in [-0.1, -0.05) is 0 Å². The van der Waals surface area contributed by atoms with Crippen molar-refractivity contribution >= 4 is 20.2 Å². The average Bonchev–Trinajstić information content (AvgIpc) is 3.01. The van der Waals surface area contributed by atoms with E-state index in [9.17, 15) is 9.59 Å². The predicted molar refractivity (Wildman–Crippen MR) is 65.6 cm³/mol. The van der Waals surface area contributed by atoms with Crippen molar-refractivity contribution in [1.29, 1.82) is 0 Å². The summed E-state index contributed by atoms with van der Waals surface area (Å²) in [6, 6.07) is 3.24. The second-order valence-corrected chi connectivity index (χ2v) is 6.36. The molecular weight excluding hydrogens is 274 g/mol. The van der Waals surface area contributed by atoms with E-state index in [0.717, 1.165) is 0 Å². The molecule has 1 aromatic carbocycles. The summed E-state index contributed by atoms with van der Waals surface area (Å²) in [5.41, 5.74) is 0.993. The Balaban J connectivity index is 2.09. The maximum Gasteiger partial charge on any atom is 0.492 e. The Morgan fingerprint density at radius 1 is 1.32 bits per heavy atom. The molecule has 2 aliphatic rings. The molecule has 2 heterocycles. The minimum atomic E-state index is -3.50. The first kappa shape index (κ1) is 13.0. The van der Waals surface area contributed by atoms with Crippen LogP contribution in [0.5, 0.6) is 11.5 Å². The zero-order valence-electron chi connectivity index (χ0n) is 10.4. The molecule has 102 valence electrons. The molecule has 0 aliphatic carbocycles. The summed E-state index contributed by atoms with van der Waals surface area (Å²) >= 11 is 0. The molecule has 0 radical (unpaired) electrons. The van der Waals surface area contributed by atoms with Crippen LogP contribution in [0.2, 0.25) is 0 Å². The maximum atomic E-state index is 12.4. The third-order valence-electron chi connectivity index (χ3n) is 3.16. The van der Waals surface area contributed by atoms with E-state index < -0.39 is 20.6 Å². The van der Waals surface area contributed by atoms with Crippen molar-refractivity contribution in [2.75, 3.05) is 21.0 Å². The Hall–Kier alpha value is -1.05. The van der Waals surface area contributed by atoms with Crippen LogP contribution in [0.25, 0.3) is 0 Å². The van der Waals surface area contributed by atoms with E-state index in [1.165, 1.54) is 14.2 Å². The summed E-state index contributed by atoms with van der Waals surface area (Å²) < 4.78 is 38.0. The van der Waals surface area contributed by atoms with Crippen molar-refractivity contribution in [2.45, 2.75) is 5.85 Å². The maximum absolute atomic E-state index is 12.4. The normalized spacial score (nSPS) is 20.8. The van der Waals surface area contributed by atoms with Crippen LogP contribution in [0.15, 0.2) is 12.1 Å². The fourth-order valence-electron chi connectivity index (χ4n) is 2.18. The lowest BCUT2D eigenvalue weighted by atomic mass is 9.79. The molecule has 1 aromatic rings. The second-order valence-electron chi connectivity index (χ2n) is 4.08. The van der Waals surface area contributed by atoms with E-state index in [1.54, 1.807) is 12.1 Å². The molecule has 19 heavy (non-hydrogen) atoms. The van der Waals surface area contributed by atoms with E-state index in [2.05, 4.69) is 0 Å². The van der Waals surface area contributed by atoms with E-state index >= 15 is 0 Å². The molecular formula is C10H12BO7P. The lowest BCUT2D eigenvalue weighted by Gasteiger charge is -2.21. The highest BCUT2D eigenvalue weighted by molar-refractivity contribution is 7.54. The lowest BCUT2D eigenvalue weighted by Crippen LogP contribution is -2.27. The first-order valence-electron chi connectivity index (χ1n) is 5.57. The molecule has 1 atom stereocenters. The smallest absolute Gasteiger partial charge is 0.454 e. The summed E-state index contributed by atoms with van der Waals surface area (Å²) in [6.45, 7) is 0.117. The first-order valence-corrected chi connectivity index (χ1v) is 7.18. The minimum absolute atomic E-state index is 0.117. The Labute approximate surface area is 110 Å². The number of hydrogen-bond acceptors (Lipinski definition) is 7. The molecule has 0 saturated carbocycles. The SMILES string of the molecule is COP(=O)(OC)C1OB(O)c2cc3c(cc21)OCO3. The number of benzene rings is 1. The Kier molecular flexibility index (Phi) is 3.07. The van der Waals surface area contributed by atoms with Gasteiger partial charge in [0.1, 0.15) is 0 Å². The number of fused-ring (bicyclic) bond motifs is 2. The topological polar surface area (TPSA) is 83.5 Å². The van der Waals surface area contributed by atoms with Crippen molar-refractivity contribution in [3.8, 4) is 11.5 Å². The molecule has 1 unspecified atom stereocenters. The van der Waals surface area contributed by atoms with Gasteiger partial charge in [0.2, 0.25) is 6.79 Å². The molecule has 0 aromatic heterocycles. The van der Waals surface area contributed by atoms with Crippen LogP contribution in [0.4, 0.5) is 0 Å². The van der Waals surface area contributed by atoms with E-state index in [-0.39, 0.29) is 6.79 Å². The zero-order chi connectivity index (χ0) is 13.6. The van der Waals surface area contributed by atoms with Crippen LogP contribution in [-0.2, 0) is 18.3 Å². The molecule has 9 heteroatoms. The van der Waals surface area contributed by atoms with E-state index in [1.807, 2.05) is 0 Å². The Bertz CT molecular complexity index is 555. The van der Waals surface area contributed by atoms with Crippen LogP contribution >= 0.6 is 7.60 Å². The summed E-state index contributed by atoms with van der Waals surface area (Å²) in [4.78, 5) is 0. The van der Waals surface area contributed by atoms with Crippen LogP contribution in [0, 0.1) is 0 Å². The molecule has 0 spiro atoms. The number of ether oxygens (including phenoxy) is 2. The molecule has 2 aliphatic heterocycles. The van der Waals surface area contributed by atoms with Crippen molar-refractivity contribution in [3.05, 3.63) is 17.7 Å². The van der Waals surface area contributed by atoms with Gasteiger partial charge in [-0.3, -0.25) is 4.57 Å². The van der Waals surface area contributed by atoms with Crippen molar-refractivity contribution < 1.29 is 32.8 Å². The third kappa shape index (κ3) is 1.88. The van der Waals surface area contributed by atoms with Gasteiger partial charge in [0, 0.05) is 14.2 Å². The number of rotatable bonds is 3. The molecule has 7 nitrogen and oxygen atoms in total. The molecule has 0 amide bonds. The van der Waals surface area contributed by atoms with Crippen LogP contribution in [0.1, 0.15) is 11.4 Å². The van der Waals surface area contributed by atoms with Crippen LogP contribution in [0.3, 0.4) is 0 Å². The van der Waals surface area contributed by atoms with Gasteiger partial charge in [0.25, 0.3) is 0 Å². The molecule has 3 rings (SSSR count). The zero-order valence-corrected chi connectivity index (χ0v) is 11.3. The van der Waals surface area contributed by atoms with Gasteiger partial charge in [0.15, 0.2) is 17.3 Å². The summed E-state index contributed by atoms with van der Waals surface area (Å²) in [7, 11) is -2.17. The third-order valence-corrected chi connectivity index (χ3v) is 5.16. The van der Waals surface area contributed by atoms with Gasteiger partial charge >= 0.3 is 14.7 Å². The van der Waals surface area contributed by atoms with Gasteiger partial charge in [0.05, 0.1) is 0 Å². The highest BCUT2D eigenvalue weighted by Gasteiger charge is 2.47. The largest absolute Gasteiger partial charge is 0.492 e. The van der Waals surface area contributed by atoms with E-state index in [4.69, 9.17) is 23.2 Å². The molecule has 0 bridgehead atoms. The first-order chi connectivity index (χ1) is 9.09. The summed E-state index contributed by atoms with van der Waals surface area (Å²) in [5.74, 6) is 0.0499.